The fourth-order valence-electron chi connectivity index (χ4n) is 4.09. The lowest BCUT2D eigenvalue weighted by Gasteiger charge is -2.26. The average molecular weight is 472 g/mol. The van der Waals surface area contributed by atoms with Gasteiger partial charge in [0.2, 0.25) is 10.0 Å². The summed E-state index contributed by atoms with van der Waals surface area (Å²) < 4.78 is 33.0. The number of anilines is 2. The zero-order chi connectivity index (χ0) is 23.4. The number of carbonyl (C=O) groups is 2. The molecule has 0 saturated carbocycles. The summed E-state index contributed by atoms with van der Waals surface area (Å²) in [6.07, 6.45) is 3.82. The Balaban J connectivity index is 1.49. The van der Waals surface area contributed by atoms with E-state index in [2.05, 4.69) is 10.6 Å². The van der Waals surface area contributed by atoms with Gasteiger partial charge >= 0.3 is 0 Å². The Labute approximate surface area is 194 Å². The van der Waals surface area contributed by atoms with E-state index in [4.69, 9.17) is 4.74 Å². The molecule has 0 radical (unpaired) electrons. The number of rotatable bonds is 6. The van der Waals surface area contributed by atoms with Crippen molar-refractivity contribution in [2.45, 2.75) is 50.0 Å². The fourth-order valence-corrected chi connectivity index (χ4v) is 5.63. The number of nitrogens with zero attached hydrogens (tertiary/aromatic N) is 1. The molecule has 2 aliphatic rings. The molecule has 1 unspecified atom stereocenters. The number of carbonyl (C=O) groups excluding carboxylic acids is 2. The third-order valence-electron chi connectivity index (χ3n) is 6.02. The zero-order valence-electron chi connectivity index (χ0n) is 18.7. The zero-order valence-corrected chi connectivity index (χ0v) is 19.5. The highest BCUT2D eigenvalue weighted by atomic mass is 32.2. The molecule has 0 bridgehead atoms. The van der Waals surface area contributed by atoms with Crippen molar-refractivity contribution in [2.75, 3.05) is 30.3 Å². The van der Waals surface area contributed by atoms with Crippen molar-refractivity contribution in [3.63, 3.8) is 0 Å². The number of amides is 2. The molecule has 176 valence electrons. The molecule has 1 atom stereocenters. The van der Waals surface area contributed by atoms with Crippen LogP contribution in [0, 0.1) is 6.92 Å². The van der Waals surface area contributed by atoms with Gasteiger partial charge in [0, 0.05) is 36.6 Å². The molecule has 33 heavy (non-hydrogen) atoms. The van der Waals surface area contributed by atoms with Gasteiger partial charge in [0.25, 0.3) is 11.8 Å². The van der Waals surface area contributed by atoms with E-state index in [9.17, 15) is 18.0 Å². The molecule has 8 nitrogen and oxygen atoms in total. The maximum Gasteiger partial charge on any atom is 0.255 e. The molecule has 4 rings (SSSR count). The summed E-state index contributed by atoms with van der Waals surface area (Å²) in [5.74, 6) is -0.615. The van der Waals surface area contributed by atoms with Crippen LogP contribution < -0.4 is 10.6 Å². The number of ether oxygens (including phenoxy) is 1. The molecule has 2 aromatic carbocycles. The third kappa shape index (κ3) is 5.43. The van der Waals surface area contributed by atoms with Crippen molar-refractivity contribution in [3.05, 3.63) is 53.6 Å². The smallest absolute Gasteiger partial charge is 0.255 e. The first-order valence-corrected chi connectivity index (χ1v) is 12.7. The molecule has 0 aromatic heterocycles. The standard InChI is InChI=1S/C24H29N3O5S/c1-17-10-11-20(33(30,31)27-12-3-2-4-13-27)16-21(17)26-23(28)18-7-5-8-19(15-18)25-24(29)22-9-6-14-32-22/h5,7-8,10-11,15-16,22H,2-4,6,9,12-14H2,1H3,(H,25,29)(H,26,28). The predicted octanol–water partition coefficient (Wildman–Crippen LogP) is 3.54. The Hall–Kier alpha value is -2.75. The van der Waals surface area contributed by atoms with Crippen LogP contribution in [0.15, 0.2) is 47.4 Å². The molecule has 2 aromatic rings. The van der Waals surface area contributed by atoms with Gasteiger partial charge in [-0.3, -0.25) is 9.59 Å². The number of nitrogens with one attached hydrogen (secondary N) is 2. The second-order valence-electron chi connectivity index (χ2n) is 8.47. The van der Waals surface area contributed by atoms with Crippen LogP contribution in [0.4, 0.5) is 11.4 Å². The normalized spacial score (nSPS) is 19.2. The number of benzene rings is 2. The maximum atomic E-state index is 13.0. The summed E-state index contributed by atoms with van der Waals surface area (Å²) in [4.78, 5) is 25.4. The Kier molecular flexibility index (Phi) is 7.11. The summed E-state index contributed by atoms with van der Waals surface area (Å²) in [6.45, 7) is 3.42. The summed E-state index contributed by atoms with van der Waals surface area (Å²) in [6, 6.07) is 11.4. The van der Waals surface area contributed by atoms with E-state index in [1.54, 1.807) is 36.4 Å². The summed E-state index contributed by atoms with van der Waals surface area (Å²) >= 11 is 0. The van der Waals surface area contributed by atoms with Gasteiger partial charge in [-0.05, 0) is 68.5 Å². The minimum absolute atomic E-state index is 0.169. The largest absolute Gasteiger partial charge is 0.368 e. The van der Waals surface area contributed by atoms with Crippen molar-refractivity contribution < 1.29 is 22.7 Å². The molecule has 2 amide bonds. The SMILES string of the molecule is Cc1ccc(S(=O)(=O)N2CCCCC2)cc1NC(=O)c1cccc(NC(=O)C2CCCO2)c1. The van der Waals surface area contributed by atoms with Crippen LogP contribution >= 0.6 is 0 Å². The van der Waals surface area contributed by atoms with Gasteiger partial charge in [-0.2, -0.15) is 4.31 Å². The predicted molar refractivity (Wildman–Crippen MR) is 126 cm³/mol. The second kappa shape index (κ2) is 10.0. The quantitative estimate of drug-likeness (QED) is 0.671. The third-order valence-corrected chi connectivity index (χ3v) is 7.92. The van der Waals surface area contributed by atoms with Gasteiger partial charge in [-0.25, -0.2) is 8.42 Å². The first-order chi connectivity index (χ1) is 15.8. The number of piperidine rings is 1. The Morgan fingerprint density at radius 3 is 2.52 bits per heavy atom. The van der Waals surface area contributed by atoms with E-state index in [-0.39, 0.29) is 16.7 Å². The van der Waals surface area contributed by atoms with E-state index >= 15 is 0 Å². The summed E-state index contributed by atoms with van der Waals surface area (Å²) in [5, 5.41) is 5.61. The highest BCUT2D eigenvalue weighted by Crippen LogP contribution is 2.26. The van der Waals surface area contributed by atoms with E-state index in [1.165, 1.54) is 10.4 Å². The second-order valence-corrected chi connectivity index (χ2v) is 10.4. The highest BCUT2D eigenvalue weighted by molar-refractivity contribution is 7.89. The minimum Gasteiger partial charge on any atom is -0.368 e. The van der Waals surface area contributed by atoms with Gasteiger partial charge < -0.3 is 15.4 Å². The number of sulfonamides is 1. The van der Waals surface area contributed by atoms with Gasteiger partial charge in [-0.15, -0.1) is 0 Å². The van der Waals surface area contributed by atoms with Crippen LogP contribution in [-0.2, 0) is 19.6 Å². The first kappa shape index (κ1) is 23.4. The molecule has 2 fully saturated rings. The van der Waals surface area contributed by atoms with E-state index in [0.29, 0.717) is 43.1 Å². The molecular weight excluding hydrogens is 442 g/mol. The van der Waals surface area contributed by atoms with E-state index < -0.39 is 16.1 Å². The van der Waals surface area contributed by atoms with Gasteiger partial charge in [0.15, 0.2) is 0 Å². The lowest BCUT2D eigenvalue weighted by molar-refractivity contribution is -0.124. The molecule has 2 heterocycles. The average Bonchev–Trinajstić information content (AvgIpc) is 3.36. The van der Waals surface area contributed by atoms with Crippen LogP contribution in [-0.4, -0.2) is 50.3 Å². The van der Waals surface area contributed by atoms with Gasteiger partial charge in [0.1, 0.15) is 6.10 Å². The summed E-state index contributed by atoms with van der Waals surface area (Å²) in [5.41, 5.74) is 2.04. The summed E-state index contributed by atoms with van der Waals surface area (Å²) in [7, 11) is -3.61. The van der Waals surface area contributed by atoms with Crippen LogP contribution in [0.5, 0.6) is 0 Å². The van der Waals surface area contributed by atoms with Crippen molar-refractivity contribution in [3.8, 4) is 0 Å². The van der Waals surface area contributed by atoms with Gasteiger partial charge in [0.05, 0.1) is 4.90 Å². The van der Waals surface area contributed by atoms with Crippen LogP contribution in [0.1, 0.15) is 48.0 Å². The lowest BCUT2D eigenvalue weighted by Crippen LogP contribution is -2.35. The van der Waals surface area contributed by atoms with Crippen molar-refractivity contribution >= 4 is 33.2 Å². The van der Waals surface area contributed by atoms with E-state index in [1.807, 2.05) is 6.92 Å². The minimum atomic E-state index is -3.61. The van der Waals surface area contributed by atoms with Gasteiger partial charge in [-0.1, -0.05) is 18.6 Å². The molecule has 2 saturated heterocycles. The Morgan fingerprint density at radius 2 is 1.79 bits per heavy atom. The molecule has 9 heteroatoms. The van der Waals surface area contributed by atoms with Crippen molar-refractivity contribution in [1.29, 1.82) is 0 Å². The maximum absolute atomic E-state index is 13.0. The molecular formula is C24H29N3O5S. The van der Waals surface area contributed by atoms with Crippen LogP contribution in [0.2, 0.25) is 0 Å². The Bertz CT molecular complexity index is 1140. The highest BCUT2D eigenvalue weighted by Gasteiger charge is 2.27. The van der Waals surface area contributed by atoms with Crippen LogP contribution in [0.3, 0.4) is 0 Å². The lowest BCUT2D eigenvalue weighted by atomic mass is 10.1. The molecule has 2 N–H and O–H groups in total. The van der Waals surface area contributed by atoms with E-state index in [0.717, 1.165) is 31.2 Å². The Morgan fingerprint density at radius 1 is 1.00 bits per heavy atom. The molecule has 0 aliphatic carbocycles. The topological polar surface area (TPSA) is 105 Å². The molecule has 2 aliphatic heterocycles. The van der Waals surface area contributed by atoms with Crippen molar-refractivity contribution in [1.82, 2.24) is 4.31 Å². The number of aryl methyl sites for hydroxylation is 1. The monoisotopic (exact) mass is 471 g/mol. The van der Waals surface area contributed by atoms with Crippen LogP contribution in [0.25, 0.3) is 0 Å². The number of hydrogen-bond donors (Lipinski definition) is 2. The fraction of sp³-hybridized carbons (Fsp3) is 0.417. The number of hydrogen-bond acceptors (Lipinski definition) is 5. The van der Waals surface area contributed by atoms with Crippen molar-refractivity contribution in [2.24, 2.45) is 0 Å². The first-order valence-electron chi connectivity index (χ1n) is 11.3. The molecule has 0 spiro atoms.